The monoisotopic (exact) mass is 338 g/mol. The molecule has 4 nitrogen and oxygen atoms in total. The zero-order chi connectivity index (χ0) is 14.7. The summed E-state index contributed by atoms with van der Waals surface area (Å²) in [5, 5.41) is 0. The van der Waals surface area contributed by atoms with Crippen molar-refractivity contribution in [3.63, 3.8) is 0 Å². The lowest BCUT2D eigenvalue weighted by atomic mass is 10.2. The molecule has 1 heterocycles. The number of benzene rings is 1. The molecule has 0 saturated carbocycles. The van der Waals surface area contributed by atoms with E-state index in [1.807, 2.05) is 0 Å². The summed E-state index contributed by atoms with van der Waals surface area (Å²) in [6.45, 7) is 3.74. The number of esters is 1. The van der Waals surface area contributed by atoms with Crippen LogP contribution >= 0.6 is 15.9 Å². The quantitative estimate of drug-likeness (QED) is 0.803. The molecule has 2 aromatic rings. The Balaban J connectivity index is 2.37. The predicted molar refractivity (Wildman–Crippen MR) is 75.8 cm³/mol. The Bertz CT molecular complexity index is 662. The van der Waals surface area contributed by atoms with Crippen LogP contribution in [0.2, 0.25) is 0 Å². The second kappa shape index (κ2) is 6.09. The number of halogens is 2. The lowest BCUT2D eigenvalue weighted by Crippen LogP contribution is -2.09. The molecule has 0 bridgehead atoms. The zero-order valence-corrected chi connectivity index (χ0v) is 12.6. The molecular weight excluding hydrogens is 327 g/mol. The first kappa shape index (κ1) is 14.6. The largest absolute Gasteiger partial charge is 0.462 e. The molecular formula is C14H12BrFN2O2. The second-order valence-corrected chi connectivity index (χ2v) is 4.90. The van der Waals surface area contributed by atoms with Crippen molar-refractivity contribution in [3.05, 3.63) is 45.9 Å². The lowest BCUT2D eigenvalue weighted by molar-refractivity contribution is 0.0524. The van der Waals surface area contributed by atoms with E-state index < -0.39 is 5.97 Å². The SMILES string of the molecule is CCOC(=O)c1cnc(-c2ccc(F)c(Br)c2)nc1C. The number of hydrogen-bond acceptors (Lipinski definition) is 4. The molecule has 0 aliphatic carbocycles. The van der Waals surface area contributed by atoms with Gasteiger partial charge in [-0.1, -0.05) is 0 Å². The minimum absolute atomic E-state index is 0.297. The number of carbonyl (C=O) groups excluding carboxylic acids is 1. The van der Waals surface area contributed by atoms with Crippen LogP contribution < -0.4 is 0 Å². The molecule has 0 spiro atoms. The van der Waals surface area contributed by atoms with Crippen LogP contribution in [0.15, 0.2) is 28.9 Å². The van der Waals surface area contributed by atoms with Gasteiger partial charge in [-0.05, 0) is 48.0 Å². The number of aryl methyl sites for hydroxylation is 1. The summed E-state index contributed by atoms with van der Waals surface area (Å²) in [5.74, 6) is -0.373. The maximum atomic E-state index is 13.2. The number of rotatable bonds is 3. The number of hydrogen-bond donors (Lipinski definition) is 0. The van der Waals surface area contributed by atoms with Crippen LogP contribution in [0, 0.1) is 12.7 Å². The third-order valence-electron chi connectivity index (χ3n) is 2.65. The number of carbonyl (C=O) groups is 1. The van der Waals surface area contributed by atoms with Crippen molar-refractivity contribution < 1.29 is 13.9 Å². The van der Waals surface area contributed by atoms with Gasteiger partial charge in [-0.3, -0.25) is 0 Å². The van der Waals surface area contributed by atoms with Crippen LogP contribution in [0.25, 0.3) is 11.4 Å². The summed E-state index contributed by atoms with van der Waals surface area (Å²) in [6.07, 6.45) is 1.42. The van der Waals surface area contributed by atoms with E-state index in [4.69, 9.17) is 4.74 Å². The van der Waals surface area contributed by atoms with Crippen LogP contribution in [0.5, 0.6) is 0 Å². The fourth-order valence-corrected chi connectivity index (χ4v) is 2.03. The van der Waals surface area contributed by atoms with Gasteiger partial charge in [0.2, 0.25) is 0 Å². The van der Waals surface area contributed by atoms with E-state index in [0.717, 1.165) is 0 Å². The Kier molecular flexibility index (Phi) is 4.44. The summed E-state index contributed by atoms with van der Waals surface area (Å²) in [5.41, 5.74) is 1.52. The predicted octanol–water partition coefficient (Wildman–Crippen LogP) is 3.53. The van der Waals surface area contributed by atoms with Gasteiger partial charge in [0.15, 0.2) is 5.82 Å². The first-order chi connectivity index (χ1) is 9.52. The van der Waals surface area contributed by atoms with Gasteiger partial charge in [-0.25, -0.2) is 19.2 Å². The lowest BCUT2D eigenvalue weighted by Gasteiger charge is -2.07. The average Bonchev–Trinajstić information content (AvgIpc) is 2.42. The van der Waals surface area contributed by atoms with Gasteiger partial charge >= 0.3 is 5.97 Å². The van der Waals surface area contributed by atoms with Crippen LogP contribution in [0.4, 0.5) is 4.39 Å². The van der Waals surface area contributed by atoms with Gasteiger partial charge < -0.3 is 4.74 Å². The highest BCUT2D eigenvalue weighted by Gasteiger charge is 2.13. The van der Waals surface area contributed by atoms with Crippen LogP contribution in [0.3, 0.4) is 0 Å². The Morgan fingerprint density at radius 3 is 2.80 bits per heavy atom. The standard InChI is InChI=1S/C14H12BrFN2O2/c1-3-20-14(19)10-7-17-13(18-8(10)2)9-4-5-12(16)11(15)6-9/h4-7H,3H2,1-2H3. The molecule has 0 atom stereocenters. The summed E-state index contributed by atoms with van der Waals surface area (Å²) in [4.78, 5) is 20.0. The maximum absolute atomic E-state index is 13.2. The fourth-order valence-electron chi connectivity index (χ4n) is 1.65. The number of nitrogens with zero attached hydrogens (tertiary/aromatic N) is 2. The molecule has 1 aromatic heterocycles. The fraction of sp³-hybridized carbons (Fsp3) is 0.214. The Morgan fingerprint density at radius 2 is 2.20 bits per heavy atom. The molecule has 0 saturated heterocycles. The van der Waals surface area contributed by atoms with E-state index in [-0.39, 0.29) is 5.82 Å². The van der Waals surface area contributed by atoms with Crippen molar-refractivity contribution >= 4 is 21.9 Å². The van der Waals surface area contributed by atoms with Gasteiger partial charge in [0.1, 0.15) is 5.82 Å². The van der Waals surface area contributed by atoms with Crippen molar-refractivity contribution in [3.8, 4) is 11.4 Å². The first-order valence-electron chi connectivity index (χ1n) is 5.99. The van der Waals surface area contributed by atoms with E-state index in [0.29, 0.717) is 33.7 Å². The maximum Gasteiger partial charge on any atom is 0.341 e. The normalized spacial score (nSPS) is 10.4. The molecule has 6 heteroatoms. The van der Waals surface area contributed by atoms with Gasteiger partial charge in [-0.2, -0.15) is 0 Å². The van der Waals surface area contributed by atoms with Crippen molar-refractivity contribution in [2.45, 2.75) is 13.8 Å². The Labute approximate surface area is 124 Å². The smallest absolute Gasteiger partial charge is 0.341 e. The molecule has 104 valence electrons. The third-order valence-corrected chi connectivity index (χ3v) is 3.26. The highest BCUT2D eigenvalue weighted by molar-refractivity contribution is 9.10. The average molecular weight is 339 g/mol. The summed E-state index contributed by atoms with van der Waals surface area (Å²) >= 11 is 3.12. The van der Waals surface area contributed by atoms with Crippen molar-refractivity contribution in [1.82, 2.24) is 9.97 Å². The van der Waals surface area contributed by atoms with Crippen molar-refractivity contribution in [2.75, 3.05) is 6.61 Å². The third kappa shape index (κ3) is 3.01. The van der Waals surface area contributed by atoms with Gasteiger partial charge in [0, 0.05) is 11.8 Å². The molecule has 0 unspecified atom stereocenters. The molecule has 20 heavy (non-hydrogen) atoms. The first-order valence-corrected chi connectivity index (χ1v) is 6.78. The topological polar surface area (TPSA) is 52.1 Å². The zero-order valence-electron chi connectivity index (χ0n) is 11.0. The molecule has 0 amide bonds. The highest BCUT2D eigenvalue weighted by atomic mass is 79.9. The van der Waals surface area contributed by atoms with Gasteiger partial charge in [0.05, 0.1) is 22.3 Å². The Hall–Kier alpha value is -1.82. The van der Waals surface area contributed by atoms with Gasteiger partial charge in [-0.15, -0.1) is 0 Å². The molecule has 1 aromatic carbocycles. The van der Waals surface area contributed by atoms with E-state index >= 15 is 0 Å². The van der Waals surface area contributed by atoms with E-state index in [9.17, 15) is 9.18 Å². The number of aromatic nitrogens is 2. The van der Waals surface area contributed by atoms with Crippen LogP contribution in [-0.4, -0.2) is 22.5 Å². The minimum Gasteiger partial charge on any atom is -0.462 e. The van der Waals surface area contributed by atoms with E-state index in [1.165, 1.54) is 12.3 Å². The molecule has 2 rings (SSSR count). The van der Waals surface area contributed by atoms with Crippen LogP contribution in [-0.2, 0) is 4.74 Å². The molecule has 0 N–H and O–H groups in total. The highest BCUT2D eigenvalue weighted by Crippen LogP contribution is 2.23. The van der Waals surface area contributed by atoms with Crippen molar-refractivity contribution in [2.24, 2.45) is 0 Å². The summed E-state index contributed by atoms with van der Waals surface area (Å²) in [6, 6.07) is 4.50. The molecule has 0 fully saturated rings. The minimum atomic E-state index is -0.447. The molecule has 0 aliphatic heterocycles. The number of ether oxygens (including phenoxy) is 1. The Morgan fingerprint density at radius 1 is 1.45 bits per heavy atom. The van der Waals surface area contributed by atoms with E-state index in [1.54, 1.807) is 26.0 Å². The van der Waals surface area contributed by atoms with E-state index in [2.05, 4.69) is 25.9 Å². The van der Waals surface area contributed by atoms with Gasteiger partial charge in [0.25, 0.3) is 0 Å². The molecule has 0 aliphatic rings. The van der Waals surface area contributed by atoms with Crippen LogP contribution in [0.1, 0.15) is 23.0 Å². The summed E-state index contributed by atoms with van der Waals surface area (Å²) < 4.78 is 18.5. The second-order valence-electron chi connectivity index (χ2n) is 4.04. The van der Waals surface area contributed by atoms with Crippen molar-refractivity contribution in [1.29, 1.82) is 0 Å². The summed E-state index contributed by atoms with van der Waals surface area (Å²) in [7, 11) is 0. The molecule has 0 radical (unpaired) electrons.